The highest BCUT2D eigenvalue weighted by atomic mass is 32.2. The van der Waals surface area contributed by atoms with Crippen LogP contribution < -0.4 is 10.1 Å². The number of anilines is 1. The van der Waals surface area contributed by atoms with Gasteiger partial charge in [-0.05, 0) is 38.0 Å². The highest BCUT2D eigenvalue weighted by Crippen LogP contribution is 2.34. The Labute approximate surface area is 164 Å². The van der Waals surface area contributed by atoms with Crippen molar-refractivity contribution in [3.63, 3.8) is 0 Å². The molecule has 1 unspecified atom stereocenters. The van der Waals surface area contributed by atoms with Gasteiger partial charge in [-0.25, -0.2) is 8.42 Å². The van der Waals surface area contributed by atoms with Gasteiger partial charge in [0.05, 0.1) is 23.0 Å². The number of sulfonamides is 1. The maximum atomic E-state index is 12.7. The molecule has 0 spiro atoms. The van der Waals surface area contributed by atoms with E-state index in [1.165, 1.54) is 16.4 Å². The van der Waals surface area contributed by atoms with Crippen molar-refractivity contribution in [1.29, 1.82) is 0 Å². The second-order valence-corrected chi connectivity index (χ2v) is 8.59. The lowest BCUT2D eigenvalue weighted by Gasteiger charge is -2.19. The summed E-state index contributed by atoms with van der Waals surface area (Å²) >= 11 is 0. The van der Waals surface area contributed by atoms with E-state index < -0.39 is 14.9 Å². The smallest absolute Gasteiger partial charge is 0.293 e. The number of benzene rings is 2. The summed E-state index contributed by atoms with van der Waals surface area (Å²) < 4.78 is 32.1. The van der Waals surface area contributed by atoms with Gasteiger partial charge >= 0.3 is 0 Å². The zero-order chi connectivity index (χ0) is 20.3. The summed E-state index contributed by atoms with van der Waals surface area (Å²) in [6, 6.07) is 11.1. The molecule has 0 amide bonds. The van der Waals surface area contributed by atoms with Crippen molar-refractivity contribution in [2.45, 2.75) is 30.7 Å². The average Bonchev–Trinajstić information content (AvgIpc) is 3.23. The summed E-state index contributed by atoms with van der Waals surface area (Å²) in [6.45, 7) is 2.75. The molecular weight excluding hydrogens is 382 g/mol. The summed E-state index contributed by atoms with van der Waals surface area (Å²) in [5.41, 5.74) is 0.818. The molecule has 0 bridgehead atoms. The van der Waals surface area contributed by atoms with Crippen LogP contribution in [0, 0.1) is 10.1 Å². The van der Waals surface area contributed by atoms with Crippen LogP contribution in [-0.4, -0.2) is 37.8 Å². The molecule has 1 fully saturated rings. The van der Waals surface area contributed by atoms with Crippen molar-refractivity contribution in [3.05, 3.63) is 58.1 Å². The second-order valence-electron chi connectivity index (χ2n) is 6.66. The van der Waals surface area contributed by atoms with Crippen molar-refractivity contribution in [1.82, 2.24) is 4.31 Å². The van der Waals surface area contributed by atoms with Gasteiger partial charge in [-0.1, -0.05) is 18.2 Å². The van der Waals surface area contributed by atoms with E-state index in [1.54, 1.807) is 7.11 Å². The average molecular weight is 405 g/mol. The van der Waals surface area contributed by atoms with Crippen LogP contribution in [0.1, 0.15) is 31.4 Å². The first-order valence-electron chi connectivity index (χ1n) is 9.02. The van der Waals surface area contributed by atoms with E-state index in [4.69, 9.17) is 4.74 Å². The molecule has 9 heteroatoms. The number of hydrogen-bond acceptors (Lipinski definition) is 6. The van der Waals surface area contributed by atoms with Crippen LogP contribution in [-0.2, 0) is 10.0 Å². The lowest BCUT2D eigenvalue weighted by Crippen LogP contribution is -2.27. The maximum absolute atomic E-state index is 12.7. The summed E-state index contributed by atoms with van der Waals surface area (Å²) in [4.78, 5) is 11.0. The topological polar surface area (TPSA) is 102 Å². The minimum absolute atomic E-state index is 0.0587. The van der Waals surface area contributed by atoms with E-state index >= 15 is 0 Å². The molecule has 0 aromatic heterocycles. The van der Waals surface area contributed by atoms with Crippen LogP contribution in [0.15, 0.2) is 47.4 Å². The van der Waals surface area contributed by atoms with Gasteiger partial charge < -0.3 is 10.1 Å². The lowest BCUT2D eigenvalue weighted by atomic mass is 10.1. The van der Waals surface area contributed by atoms with Gasteiger partial charge in [0.2, 0.25) is 10.0 Å². The summed E-state index contributed by atoms with van der Waals surface area (Å²) in [7, 11) is -2.16. The van der Waals surface area contributed by atoms with Crippen LogP contribution in [0.5, 0.6) is 5.75 Å². The number of nitrogens with zero attached hydrogens (tertiary/aromatic N) is 2. The van der Waals surface area contributed by atoms with Crippen LogP contribution in [0.25, 0.3) is 0 Å². The Hall–Kier alpha value is -2.65. The van der Waals surface area contributed by atoms with Crippen molar-refractivity contribution in [3.8, 4) is 5.75 Å². The fourth-order valence-electron chi connectivity index (χ4n) is 3.36. The quantitative estimate of drug-likeness (QED) is 0.558. The molecule has 0 aliphatic carbocycles. The number of nitro benzene ring substituents is 1. The Balaban J connectivity index is 1.93. The molecule has 150 valence electrons. The van der Waals surface area contributed by atoms with E-state index in [0.717, 1.165) is 24.5 Å². The number of ether oxygens (including phenoxy) is 1. The van der Waals surface area contributed by atoms with Gasteiger partial charge in [0.15, 0.2) is 0 Å². The van der Waals surface area contributed by atoms with Crippen LogP contribution >= 0.6 is 0 Å². The first-order chi connectivity index (χ1) is 13.3. The maximum Gasteiger partial charge on any atom is 0.293 e. The van der Waals surface area contributed by atoms with Gasteiger partial charge in [-0.2, -0.15) is 4.31 Å². The van der Waals surface area contributed by atoms with Gasteiger partial charge in [0, 0.05) is 24.7 Å². The number of nitro groups is 1. The molecule has 1 heterocycles. The summed E-state index contributed by atoms with van der Waals surface area (Å²) in [5.74, 6) is 0.665. The van der Waals surface area contributed by atoms with Crippen molar-refractivity contribution >= 4 is 21.4 Å². The monoisotopic (exact) mass is 405 g/mol. The van der Waals surface area contributed by atoms with Crippen molar-refractivity contribution in [2.75, 3.05) is 25.5 Å². The fourth-order valence-corrected chi connectivity index (χ4v) is 4.90. The van der Waals surface area contributed by atoms with Crippen LogP contribution in [0.4, 0.5) is 11.4 Å². The number of para-hydroxylation sites is 1. The molecule has 1 saturated heterocycles. The number of methoxy groups -OCH3 is 1. The van der Waals surface area contributed by atoms with Gasteiger partial charge in [0.1, 0.15) is 11.4 Å². The van der Waals surface area contributed by atoms with Gasteiger partial charge in [-0.15, -0.1) is 0 Å². The zero-order valence-electron chi connectivity index (χ0n) is 15.8. The third kappa shape index (κ3) is 3.95. The minimum Gasteiger partial charge on any atom is -0.496 e. The molecule has 2 aromatic carbocycles. The Morgan fingerprint density at radius 3 is 2.50 bits per heavy atom. The fraction of sp³-hybridized carbons (Fsp3) is 0.368. The molecule has 0 saturated carbocycles. The van der Waals surface area contributed by atoms with Crippen LogP contribution in [0.2, 0.25) is 0 Å². The third-order valence-corrected chi connectivity index (χ3v) is 6.74. The van der Waals surface area contributed by atoms with E-state index in [0.29, 0.717) is 18.8 Å². The predicted octanol–water partition coefficient (Wildman–Crippen LogP) is 3.56. The molecule has 1 aliphatic heterocycles. The highest BCUT2D eigenvalue weighted by molar-refractivity contribution is 7.89. The van der Waals surface area contributed by atoms with E-state index in [-0.39, 0.29) is 22.3 Å². The summed E-state index contributed by atoms with van der Waals surface area (Å²) in [6.07, 6.45) is 1.61. The van der Waals surface area contributed by atoms with Gasteiger partial charge in [-0.3, -0.25) is 10.1 Å². The number of rotatable bonds is 7. The Kier molecular flexibility index (Phi) is 5.85. The largest absolute Gasteiger partial charge is 0.496 e. The normalized spacial score (nSPS) is 15.9. The Bertz CT molecular complexity index is 971. The summed E-state index contributed by atoms with van der Waals surface area (Å²) in [5, 5.41) is 14.7. The number of nitrogens with one attached hydrogen (secondary N) is 1. The molecule has 1 aliphatic rings. The second kappa shape index (κ2) is 8.15. The Morgan fingerprint density at radius 2 is 1.86 bits per heavy atom. The molecule has 1 atom stereocenters. The Morgan fingerprint density at radius 1 is 1.18 bits per heavy atom. The molecule has 3 rings (SSSR count). The zero-order valence-corrected chi connectivity index (χ0v) is 16.6. The molecule has 28 heavy (non-hydrogen) atoms. The molecular formula is C19H23N3O5S. The van der Waals surface area contributed by atoms with E-state index in [9.17, 15) is 18.5 Å². The molecule has 1 N–H and O–H groups in total. The van der Waals surface area contributed by atoms with Crippen LogP contribution in [0.3, 0.4) is 0 Å². The molecule has 8 nitrogen and oxygen atoms in total. The standard InChI is InChI=1S/C19H23N3O5S/c1-14(16-7-3-4-8-19(16)27-2)20-17-10-9-15(13-18(17)22(23)24)28(25,26)21-11-5-6-12-21/h3-4,7-10,13-14,20H,5-6,11-12H2,1-2H3. The lowest BCUT2D eigenvalue weighted by molar-refractivity contribution is -0.384. The van der Waals surface area contributed by atoms with Gasteiger partial charge in [0.25, 0.3) is 5.69 Å². The third-order valence-electron chi connectivity index (χ3n) is 4.85. The van der Waals surface area contributed by atoms with E-state index in [1.807, 2.05) is 31.2 Å². The predicted molar refractivity (Wildman–Crippen MR) is 106 cm³/mol. The first kappa shape index (κ1) is 20.1. The molecule has 2 aromatic rings. The molecule has 0 radical (unpaired) electrons. The van der Waals surface area contributed by atoms with Crippen molar-refractivity contribution in [2.24, 2.45) is 0 Å². The highest BCUT2D eigenvalue weighted by Gasteiger charge is 2.29. The first-order valence-corrected chi connectivity index (χ1v) is 10.5. The number of hydrogen-bond donors (Lipinski definition) is 1. The minimum atomic E-state index is -3.72. The SMILES string of the molecule is COc1ccccc1C(C)Nc1ccc(S(=O)(=O)N2CCCC2)cc1[N+](=O)[O-]. The van der Waals surface area contributed by atoms with E-state index in [2.05, 4.69) is 5.32 Å². The van der Waals surface area contributed by atoms with Crippen molar-refractivity contribution < 1.29 is 18.1 Å².